The van der Waals surface area contributed by atoms with Gasteiger partial charge in [0, 0.05) is 10.6 Å². The lowest BCUT2D eigenvalue weighted by Crippen LogP contribution is -2.19. The third-order valence-electron chi connectivity index (χ3n) is 3.89. The molecule has 140 valence electrons. The molecule has 0 saturated carbocycles. The maximum atomic E-state index is 13.0. The van der Waals surface area contributed by atoms with Gasteiger partial charge in [-0.2, -0.15) is 0 Å². The van der Waals surface area contributed by atoms with Gasteiger partial charge in [-0.25, -0.2) is 4.79 Å². The van der Waals surface area contributed by atoms with Crippen molar-refractivity contribution in [1.82, 2.24) is 0 Å². The van der Waals surface area contributed by atoms with Crippen molar-refractivity contribution in [2.24, 2.45) is 0 Å². The molecule has 0 fully saturated rings. The van der Waals surface area contributed by atoms with Crippen molar-refractivity contribution in [2.45, 2.75) is 13.8 Å². The second kappa shape index (κ2) is 8.03. The number of hydrogen-bond acceptors (Lipinski definition) is 5. The summed E-state index contributed by atoms with van der Waals surface area (Å²) in [5, 5.41) is 1.06. The van der Waals surface area contributed by atoms with E-state index in [0.29, 0.717) is 21.2 Å². The van der Waals surface area contributed by atoms with Gasteiger partial charge in [0.15, 0.2) is 12.4 Å². The summed E-state index contributed by atoms with van der Waals surface area (Å²) in [6, 6.07) is 10.1. The number of hydrogen-bond donors (Lipinski definition) is 0. The van der Waals surface area contributed by atoms with Crippen LogP contribution in [0.4, 0.5) is 0 Å². The number of halogens is 2. The molecule has 3 aromatic rings. The van der Waals surface area contributed by atoms with Crippen molar-refractivity contribution in [3.63, 3.8) is 0 Å². The normalized spacial score (nSPS) is 10.8. The van der Waals surface area contributed by atoms with Crippen LogP contribution < -0.4 is 10.2 Å². The summed E-state index contributed by atoms with van der Waals surface area (Å²) < 4.78 is 16.3. The number of carbonyl (C=O) groups is 1. The van der Waals surface area contributed by atoms with Crippen LogP contribution in [0.15, 0.2) is 45.6 Å². The molecule has 0 atom stereocenters. The minimum Gasteiger partial charge on any atom is -0.474 e. The molecule has 0 aliphatic rings. The van der Waals surface area contributed by atoms with E-state index in [1.165, 1.54) is 6.07 Å². The van der Waals surface area contributed by atoms with Crippen LogP contribution in [0.5, 0.6) is 5.75 Å². The summed E-state index contributed by atoms with van der Waals surface area (Å²) in [7, 11) is 0. The monoisotopic (exact) mass is 406 g/mol. The van der Waals surface area contributed by atoms with Crippen molar-refractivity contribution < 1.29 is 18.7 Å². The zero-order chi connectivity index (χ0) is 19.6. The standard InChI is InChI=1S/C20H16Cl2O5/c1-3-25-17(23)10-26-20-18(24)13-9-15(22)11(2)8-16(13)27-19(20)12-6-4-5-7-14(12)21/h4-9H,3,10H2,1-2H3. The van der Waals surface area contributed by atoms with Crippen LogP contribution in [0.25, 0.3) is 22.3 Å². The Labute approximate surface area is 165 Å². The topological polar surface area (TPSA) is 65.7 Å². The third-order valence-corrected chi connectivity index (χ3v) is 4.62. The van der Waals surface area contributed by atoms with Gasteiger partial charge >= 0.3 is 5.97 Å². The fourth-order valence-corrected chi connectivity index (χ4v) is 2.97. The maximum absolute atomic E-state index is 13.0. The minimum atomic E-state index is -0.593. The highest BCUT2D eigenvalue weighted by Crippen LogP contribution is 2.36. The largest absolute Gasteiger partial charge is 0.474 e. The highest BCUT2D eigenvalue weighted by molar-refractivity contribution is 6.33. The zero-order valence-corrected chi connectivity index (χ0v) is 16.2. The van der Waals surface area contributed by atoms with Gasteiger partial charge in [-0.3, -0.25) is 4.79 Å². The molecule has 1 aromatic heterocycles. The first-order valence-electron chi connectivity index (χ1n) is 8.22. The Morgan fingerprint density at radius 1 is 1.15 bits per heavy atom. The maximum Gasteiger partial charge on any atom is 0.344 e. The van der Waals surface area contributed by atoms with E-state index < -0.39 is 18.0 Å². The van der Waals surface area contributed by atoms with Crippen molar-refractivity contribution >= 4 is 40.1 Å². The molecular formula is C20H16Cl2O5. The SMILES string of the molecule is CCOC(=O)COc1c(-c2ccccc2Cl)oc2cc(C)c(Cl)cc2c1=O. The lowest BCUT2D eigenvalue weighted by molar-refractivity contribution is -0.145. The van der Waals surface area contributed by atoms with Crippen LogP contribution in [0.3, 0.4) is 0 Å². The fourth-order valence-electron chi connectivity index (χ4n) is 2.59. The molecule has 0 unspecified atom stereocenters. The number of benzene rings is 2. The number of rotatable bonds is 5. The van der Waals surface area contributed by atoms with E-state index in [-0.39, 0.29) is 23.5 Å². The molecule has 0 saturated heterocycles. The lowest BCUT2D eigenvalue weighted by atomic mass is 10.1. The molecule has 2 aromatic carbocycles. The Kier molecular flexibility index (Phi) is 5.73. The van der Waals surface area contributed by atoms with Gasteiger partial charge in [0.25, 0.3) is 0 Å². The van der Waals surface area contributed by atoms with Gasteiger partial charge < -0.3 is 13.9 Å². The minimum absolute atomic E-state index is 0.122. The molecule has 7 heteroatoms. The molecular weight excluding hydrogens is 391 g/mol. The Morgan fingerprint density at radius 2 is 1.89 bits per heavy atom. The number of carbonyl (C=O) groups excluding carboxylic acids is 1. The summed E-state index contributed by atoms with van der Waals surface area (Å²) in [6.45, 7) is 3.27. The highest BCUT2D eigenvalue weighted by Gasteiger charge is 2.21. The third kappa shape index (κ3) is 3.94. The van der Waals surface area contributed by atoms with Gasteiger partial charge in [0.1, 0.15) is 5.58 Å². The molecule has 0 aliphatic carbocycles. The molecule has 0 radical (unpaired) electrons. The van der Waals surface area contributed by atoms with Crippen LogP contribution in [0.1, 0.15) is 12.5 Å². The smallest absolute Gasteiger partial charge is 0.344 e. The van der Waals surface area contributed by atoms with Crippen LogP contribution in [-0.4, -0.2) is 19.2 Å². The van der Waals surface area contributed by atoms with Gasteiger partial charge in [0.2, 0.25) is 11.2 Å². The predicted molar refractivity (Wildman–Crippen MR) is 105 cm³/mol. The van der Waals surface area contributed by atoms with E-state index in [2.05, 4.69) is 0 Å². The first kappa shape index (κ1) is 19.3. The van der Waals surface area contributed by atoms with Crippen molar-refractivity contribution in [3.05, 3.63) is 62.2 Å². The average Bonchev–Trinajstić information content (AvgIpc) is 2.63. The Hall–Kier alpha value is -2.50. The summed E-state index contributed by atoms with van der Waals surface area (Å²) in [6.07, 6.45) is 0. The van der Waals surface area contributed by atoms with Crippen molar-refractivity contribution in [2.75, 3.05) is 13.2 Å². The molecule has 0 N–H and O–H groups in total. The number of aryl methyl sites for hydroxylation is 1. The molecule has 5 nitrogen and oxygen atoms in total. The fraction of sp³-hybridized carbons (Fsp3) is 0.200. The second-order valence-electron chi connectivity index (χ2n) is 5.76. The molecule has 3 rings (SSSR count). The molecule has 0 spiro atoms. The molecule has 0 bridgehead atoms. The van der Waals surface area contributed by atoms with E-state index in [1.54, 1.807) is 37.3 Å². The average molecular weight is 407 g/mol. The molecule has 1 heterocycles. The van der Waals surface area contributed by atoms with Crippen molar-refractivity contribution in [1.29, 1.82) is 0 Å². The van der Waals surface area contributed by atoms with Gasteiger partial charge in [0.05, 0.1) is 17.0 Å². The van der Waals surface area contributed by atoms with Gasteiger partial charge in [-0.15, -0.1) is 0 Å². The molecule has 27 heavy (non-hydrogen) atoms. The van der Waals surface area contributed by atoms with Crippen molar-refractivity contribution in [3.8, 4) is 17.1 Å². The summed E-state index contributed by atoms with van der Waals surface area (Å²) in [5.74, 6) is -0.572. The number of esters is 1. The summed E-state index contributed by atoms with van der Waals surface area (Å²) in [5.41, 5.74) is 1.14. The predicted octanol–water partition coefficient (Wildman–Crippen LogP) is 5.02. The Balaban J connectivity index is 2.22. The first-order chi connectivity index (χ1) is 12.9. The summed E-state index contributed by atoms with van der Waals surface area (Å²) in [4.78, 5) is 24.7. The van der Waals surface area contributed by atoms with Crippen LogP contribution in [-0.2, 0) is 9.53 Å². The quantitative estimate of drug-likeness (QED) is 0.556. The summed E-state index contributed by atoms with van der Waals surface area (Å²) >= 11 is 12.4. The van der Waals surface area contributed by atoms with Crippen LogP contribution in [0, 0.1) is 6.92 Å². The lowest BCUT2D eigenvalue weighted by Gasteiger charge is -2.13. The highest BCUT2D eigenvalue weighted by atomic mass is 35.5. The van der Waals surface area contributed by atoms with Gasteiger partial charge in [-0.05, 0) is 43.7 Å². The Morgan fingerprint density at radius 3 is 2.59 bits per heavy atom. The van der Waals surface area contributed by atoms with E-state index in [4.69, 9.17) is 37.1 Å². The van der Waals surface area contributed by atoms with Crippen LogP contribution >= 0.6 is 23.2 Å². The van der Waals surface area contributed by atoms with E-state index in [0.717, 1.165) is 5.56 Å². The zero-order valence-electron chi connectivity index (χ0n) is 14.7. The molecule has 0 amide bonds. The van der Waals surface area contributed by atoms with Gasteiger partial charge in [-0.1, -0.05) is 35.3 Å². The van der Waals surface area contributed by atoms with Crippen LogP contribution in [0.2, 0.25) is 10.0 Å². The van der Waals surface area contributed by atoms with E-state index >= 15 is 0 Å². The van der Waals surface area contributed by atoms with E-state index in [9.17, 15) is 9.59 Å². The number of ether oxygens (including phenoxy) is 2. The second-order valence-corrected chi connectivity index (χ2v) is 6.57. The molecule has 0 aliphatic heterocycles. The first-order valence-corrected chi connectivity index (χ1v) is 8.98. The van der Waals surface area contributed by atoms with E-state index in [1.807, 2.05) is 6.92 Å². The number of fused-ring (bicyclic) bond motifs is 1. The Bertz CT molecular complexity index is 1070.